The Morgan fingerprint density at radius 3 is 2.31 bits per heavy atom. The summed E-state index contributed by atoms with van der Waals surface area (Å²) in [5.41, 5.74) is 3.50. The monoisotopic (exact) mass is 498 g/mol. The lowest BCUT2D eigenvalue weighted by Gasteiger charge is -2.22. The zero-order valence-electron chi connectivity index (χ0n) is 21.3. The molecule has 35 heavy (non-hydrogen) atoms. The van der Waals surface area contributed by atoms with Crippen molar-refractivity contribution in [1.29, 1.82) is 0 Å². The number of hydrogen-bond donors (Lipinski definition) is 2. The molecule has 0 fully saturated rings. The fraction of sp³-hybridized carbons (Fsp3) is 0.429. The van der Waals surface area contributed by atoms with E-state index in [0.29, 0.717) is 24.2 Å². The van der Waals surface area contributed by atoms with Crippen LogP contribution in [0.25, 0.3) is 11.3 Å². The van der Waals surface area contributed by atoms with Crippen molar-refractivity contribution in [2.24, 2.45) is 7.05 Å². The van der Waals surface area contributed by atoms with E-state index in [2.05, 4.69) is 25.3 Å². The Bertz CT molecular complexity index is 1180. The van der Waals surface area contributed by atoms with Crippen molar-refractivity contribution in [3.05, 3.63) is 70.1 Å². The molecule has 0 aliphatic rings. The summed E-state index contributed by atoms with van der Waals surface area (Å²) in [5, 5.41) is 19.9. The van der Waals surface area contributed by atoms with Gasteiger partial charge in [-0.25, -0.2) is 9.78 Å². The minimum atomic E-state index is -1.05. The molecule has 1 aromatic heterocycles. The average Bonchev–Trinajstić information content (AvgIpc) is 3.17. The van der Waals surface area contributed by atoms with E-state index in [9.17, 15) is 15.0 Å². The quantitative estimate of drug-likeness (QED) is 0.365. The van der Waals surface area contributed by atoms with Crippen molar-refractivity contribution in [2.45, 2.75) is 64.9 Å². The molecule has 188 valence electrons. The van der Waals surface area contributed by atoms with E-state index in [0.717, 1.165) is 22.6 Å². The topological polar surface area (TPSA) is 84.6 Å². The van der Waals surface area contributed by atoms with E-state index in [-0.39, 0.29) is 34.6 Å². The van der Waals surface area contributed by atoms with E-state index in [1.165, 1.54) is 6.07 Å². The fourth-order valence-corrected chi connectivity index (χ4v) is 4.77. The van der Waals surface area contributed by atoms with Crippen LogP contribution < -0.4 is 4.74 Å². The predicted molar refractivity (Wildman–Crippen MR) is 140 cm³/mol. The number of aromatic nitrogens is 2. The van der Waals surface area contributed by atoms with Gasteiger partial charge < -0.3 is 19.5 Å². The van der Waals surface area contributed by atoms with Gasteiger partial charge in [-0.2, -0.15) is 0 Å². The average molecular weight is 499 g/mol. The summed E-state index contributed by atoms with van der Waals surface area (Å²) in [7, 11) is 2.01. The number of ether oxygens (including phenoxy) is 1. The normalized spacial score (nSPS) is 12.7. The lowest BCUT2D eigenvalue weighted by molar-refractivity contribution is 0.0694. The first kappa shape index (κ1) is 26.8. The van der Waals surface area contributed by atoms with Gasteiger partial charge in [-0.3, -0.25) is 0 Å². The summed E-state index contributed by atoms with van der Waals surface area (Å²) in [6.07, 6.45) is 2.83. The summed E-state index contributed by atoms with van der Waals surface area (Å²) in [6.45, 7) is 10.1. The Hall–Kier alpha value is -2.83. The van der Waals surface area contributed by atoms with Crippen LogP contribution in [0.15, 0.2) is 42.6 Å². The van der Waals surface area contributed by atoms with Crippen LogP contribution in [0.3, 0.4) is 0 Å². The predicted octanol–water partition coefficient (Wildman–Crippen LogP) is 6.23. The number of aryl methyl sites for hydroxylation is 1. The molecule has 0 saturated heterocycles. The lowest BCUT2D eigenvalue weighted by Crippen LogP contribution is -2.17. The van der Waals surface area contributed by atoms with Crippen molar-refractivity contribution in [1.82, 2.24) is 9.55 Å². The molecule has 0 unspecified atom stereocenters. The molecule has 0 radical (unpaired) electrons. The number of halogens is 1. The number of rotatable bonds is 9. The highest BCUT2D eigenvalue weighted by Gasteiger charge is 2.26. The molecular weight excluding hydrogens is 464 g/mol. The number of benzene rings is 2. The maximum atomic E-state index is 12.0. The van der Waals surface area contributed by atoms with Crippen molar-refractivity contribution >= 4 is 17.6 Å². The second kappa shape index (κ2) is 10.8. The lowest BCUT2D eigenvalue weighted by atomic mass is 9.86. The SMILES string of the molecule is CC(C)Oc1ccc(C(=O)O)c([C@H](CCO)Cc2ccc(-c3cn(C)c(C(C)(C)C)n3)cc2)c1Cl. The van der Waals surface area contributed by atoms with Gasteiger partial charge in [0.1, 0.15) is 11.6 Å². The van der Waals surface area contributed by atoms with Crippen LogP contribution in [-0.4, -0.2) is 38.4 Å². The fourth-order valence-electron chi connectivity index (χ4n) is 4.41. The first-order valence-corrected chi connectivity index (χ1v) is 12.3. The second-order valence-corrected chi connectivity index (χ2v) is 10.6. The smallest absolute Gasteiger partial charge is 0.336 e. The molecule has 0 bridgehead atoms. The number of aliphatic hydroxyl groups excluding tert-OH is 1. The van der Waals surface area contributed by atoms with E-state index in [1.54, 1.807) is 6.07 Å². The molecule has 2 aromatic carbocycles. The number of carboxylic acids is 1. The van der Waals surface area contributed by atoms with Gasteiger partial charge in [0.2, 0.25) is 0 Å². The number of hydrogen-bond acceptors (Lipinski definition) is 4. The zero-order valence-corrected chi connectivity index (χ0v) is 22.1. The van der Waals surface area contributed by atoms with Gasteiger partial charge in [-0.1, -0.05) is 56.6 Å². The van der Waals surface area contributed by atoms with E-state index in [1.807, 2.05) is 51.4 Å². The van der Waals surface area contributed by atoms with Crippen LogP contribution in [0.2, 0.25) is 5.02 Å². The van der Waals surface area contributed by atoms with Crippen LogP contribution >= 0.6 is 11.6 Å². The highest BCUT2D eigenvalue weighted by Crippen LogP contribution is 2.39. The molecule has 3 rings (SSSR count). The maximum Gasteiger partial charge on any atom is 0.336 e. The third kappa shape index (κ3) is 6.24. The highest BCUT2D eigenvalue weighted by atomic mass is 35.5. The Morgan fingerprint density at radius 2 is 1.80 bits per heavy atom. The van der Waals surface area contributed by atoms with Crippen LogP contribution in [-0.2, 0) is 18.9 Å². The van der Waals surface area contributed by atoms with Crippen molar-refractivity contribution in [3.63, 3.8) is 0 Å². The second-order valence-electron chi connectivity index (χ2n) is 10.2. The summed E-state index contributed by atoms with van der Waals surface area (Å²) in [5.74, 6) is 0.118. The van der Waals surface area contributed by atoms with Gasteiger partial charge in [0.15, 0.2) is 0 Å². The van der Waals surface area contributed by atoms with Crippen LogP contribution in [0.1, 0.15) is 74.3 Å². The van der Waals surface area contributed by atoms with Gasteiger partial charge >= 0.3 is 5.97 Å². The molecule has 0 aliphatic carbocycles. The van der Waals surface area contributed by atoms with Crippen molar-refractivity contribution in [2.75, 3.05) is 6.61 Å². The third-order valence-corrected chi connectivity index (χ3v) is 6.29. The Morgan fingerprint density at radius 1 is 1.14 bits per heavy atom. The van der Waals surface area contributed by atoms with Crippen LogP contribution in [0.5, 0.6) is 5.75 Å². The number of nitrogens with zero attached hydrogens (tertiary/aromatic N) is 2. The van der Waals surface area contributed by atoms with E-state index in [4.69, 9.17) is 21.3 Å². The molecule has 2 N–H and O–H groups in total. The largest absolute Gasteiger partial charge is 0.489 e. The minimum Gasteiger partial charge on any atom is -0.489 e. The molecule has 0 spiro atoms. The van der Waals surface area contributed by atoms with Gasteiger partial charge in [-0.05, 0) is 55.9 Å². The molecule has 7 heteroatoms. The number of aromatic carboxylic acids is 1. The summed E-state index contributed by atoms with van der Waals surface area (Å²) in [4.78, 5) is 16.8. The third-order valence-electron chi connectivity index (χ3n) is 5.90. The van der Waals surface area contributed by atoms with Crippen molar-refractivity contribution < 1.29 is 19.7 Å². The highest BCUT2D eigenvalue weighted by molar-refractivity contribution is 6.33. The Balaban J connectivity index is 1.94. The van der Waals surface area contributed by atoms with Crippen LogP contribution in [0.4, 0.5) is 0 Å². The molecule has 0 saturated carbocycles. The standard InChI is InChI=1S/C28H35ClN2O4/c1-17(2)35-23-12-11-21(26(33)34)24(25(23)29)20(13-14-32)15-18-7-9-19(10-8-18)22-16-31(6)27(30-22)28(3,4)5/h7-12,16-17,20,32H,13-15H2,1-6H3,(H,33,34)/t20-/m1/s1. The first-order valence-electron chi connectivity index (χ1n) is 11.9. The molecular formula is C28H35ClN2O4. The minimum absolute atomic E-state index is 0.0562. The van der Waals surface area contributed by atoms with Gasteiger partial charge in [0.05, 0.1) is 22.4 Å². The summed E-state index contributed by atoms with van der Waals surface area (Å²) in [6, 6.07) is 11.2. The van der Waals surface area contributed by atoms with Crippen LogP contribution in [0, 0.1) is 0 Å². The van der Waals surface area contributed by atoms with Crippen molar-refractivity contribution in [3.8, 4) is 17.0 Å². The molecule has 0 amide bonds. The molecule has 6 nitrogen and oxygen atoms in total. The Labute approximate surface area is 212 Å². The molecule has 1 heterocycles. The first-order chi connectivity index (χ1) is 16.4. The summed E-state index contributed by atoms with van der Waals surface area (Å²) < 4.78 is 7.86. The molecule has 3 aromatic rings. The number of imidazole rings is 1. The zero-order chi connectivity index (χ0) is 25.9. The number of aliphatic hydroxyl groups is 1. The molecule has 0 aliphatic heterocycles. The Kier molecular flexibility index (Phi) is 8.29. The van der Waals surface area contributed by atoms with E-state index >= 15 is 0 Å². The number of carbonyl (C=O) groups is 1. The van der Waals surface area contributed by atoms with E-state index < -0.39 is 5.97 Å². The van der Waals surface area contributed by atoms with Gasteiger partial charge in [-0.15, -0.1) is 0 Å². The number of carboxylic acid groups (broad SMARTS) is 1. The van der Waals surface area contributed by atoms with Gasteiger partial charge in [0.25, 0.3) is 0 Å². The molecule has 1 atom stereocenters. The maximum absolute atomic E-state index is 12.0. The van der Waals surface area contributed by atoms with Gasteiger partial charge in [0, 0.05) is 30.8 Å². The summed E-state index contributed by atoms with van der Waals surface area (Å²) >= 11 is 6.68.